The van der Waals surface area contributed by atoms with Crippen LogP contribution < -0.4 is 0 Å². The van der Waals surface area contributed by atoms with Crippen molar-refractivity contribution in [2.24, 2.45) is 0 Å². The molecule has 5 N–H and O–H groups in total. The van der Waals surface area contributed by atoms with Crippen molar-refractivity contribution in [1.82, 2.24) is 0 Å². The van der Waals surface area contributed by atoms with E-state index >= 15 is 0 Å². The number of aliphatic hydroxyl groups is 5. The molecular weight excluding hydrogens is 256 g/mol. The van der Waals surface area contributed by atoms with Gasteiger partial charge in [-0.2, -0.15) is 0 Å². The lowest BCUT2D eigenvalue weighted by atomic mass is 10.1. The van der Waals surface area contributed by atoms with E-state index < -0.39 is 18.3 Å². The zero-order valence-corrected chi connectivity index (χ0v) is 11.1. The lowest BCUT2D eigenvalue weighted by Gasteiger charge is -2.21. The first-order valence-corrected chi connectivity index (χ1v) is 6.53. The molecule has 0 amide bonds. The Hall–Kier alpha value is -0.280. The molecule has 0 bridgehead atoms. The first-order chi connectivity index (χ1) is 9.15. The van der Waals surface area contributed by atoms with Crippen molar-refractivity contribution < 1.29 is 35.0 Å². The fourth-order valence-corrected chi connectivity index (χ4v) is 1.55. The first-order valence-electron chi connectivity index (χ1n) is 6.53. The molecule has 0 saturated heterocycles. The Morgan fingerprint density at radius 2 is 1.58 bits per heavy atom. The van der Waals surface area contributed by atoms with Gasteiger partial charge in [0, 0.05) is 0 Å². The molecule has 0 radical (unpaired) electrons. The van der Waals surface area contributed by atoms with Gasteiger partial charge in [-0.3, -0.25) is 0 Å². The molecule has 0 rings (SSSR count). The molecule has 0 heterocycles. The molecule has 19 heavy (non-hydrogen) atoms. The van der Waals surface area contributed by atoms with Crippen molar-refractivity contribution in [2.45, 2.75) is 37.6 Å². The van der Waals surface area contributed by atoms with Gasteiger partial charge >= 0.3 is 0 Å². The smallest absolute Gasteiger partial charge is 0.106 e. The second-order valence-electron chi connectivity index (χ2n) is 4.26. The second-order valence-corrected chi connectivity index (χ2v) is 4.26. The predicted octanol–water partition coefficient (Wildman–Crippen LogP) is -1.74. The van der Waals surface area contributed by atoms with Crippen LogP contribution in [-0.2, 0) is 9.47 Å². The molecule has 0 aromatic heterocycles. The average Bonchev–Trinajstić information content (AvgIpc) is 2.42. The van der Waals surface area contributed by atoms with Crippen LogP contribution in [-0.4, -0.2) is 83.5 Å². The largest absolute Gasteiger partial charge is 0.394 e. The summed E-state index contributed by atoms with van der Waals surface area (Å²) >= 11 is 0. The van der Waals surface area contributed by atoms with Crippen LogP contribution in [0.5, 0.6) is 0 Å². The normalized spacial score (nSPS) is 16.3. The summed E-state index contributed by atoms with van der Waals surface area (Å²) in [5.74, 6) is 0. The first kappa shape index (κ1) is 18.7. The van der Waals surface area contributed by atoms with Crippen molar-refractivity contribution in [1.29, 1.82) is 0 Å². The number of aliphatic hydroxyl groups excluding tert-OH is 5. The molecule has 0 aliphatic heterocycles. The summed E-state index contributed by atoms with van der Waals surface area (Å²) in [5.41, 5.74) is 0. The van der Waals surface area contributed by atoms with Crippen LogP contribution in [0.2, 0.25) is 0 Å². The molecule has 7 heteroatoms. The highest BCUT2D eigenvalue weighted by Gasteiger charge is 2.19. The van der Waals surface area contributed by atoms with E-state index in [1.807, 2.05) is 0 Å². The topological polar surface area (TPSA) is 120 Å². The fourth-order valence-electron chi connectivity index (χ4n) is 1.55. The third kappa shape index (κ3) is 10.2. The van der Waals surface area contributed by atoms with E-state index in [1.165, 1.54) is 0 Å². The Morgan fingerprint density at radius 1 is 0.842 bits per heavy atom. The third-order valence-electron chi connectivity index (χ3n) is 2.65. The van der Waals surface area contributed by atoms with E-state index in [0.717, 1.165) is 0 Å². The highest BCUT2D eigenvalue weighted by molar-refractivity contribution is 4.69. The van der Waals surface area contributed by atoms with Crippen LogP contribution in [0.1, 0.15) is 19.3 Å². The van der Waals surface area contributed by atoms with Gasteiger partial charge in [-0.15, -0.1) is 0 Å². The van der Waals surface area contributed by atoms with E-state index in [2.05, 4.69) is 0 Å². The Balaban J connectivity index is 3.68. The van der Waals surface area contributed by atoms with Gasteiger partial charge in [0.15, 0.2) is 0 Å². The highest BCUT2D eigenvalue weighted by Crippen LogP contribution is 2.09. The Kier molecular flexibility index (Phi) is 12.6. The van der Waals surface area contributed by atoms with Crippen LogP contribution in [0.25, 0.3) is 0 Å². The molecule has 0 spiro atoms. The van der Waals surface area contributed by atoms with Crippen molar-refractivity contribution >= 4 is 0 Å². The fraction of sp³-hybridized carbons (Fsp3) is 1.00. The van der Waals surface area contributed by atoms with Crippen molar-refractivity contribution in [3.63, 3.8) is 0 Å². The number of hydrogen-bond acceptors (Lipinski definition) is 7. The maximum atomic E-state index is 9.79. The standard InChI is InChI=1S/C12H26O7/c13-4-5-18-6-7-19-12(9-15)11(17)3-1-2-10(16)8-14/h10-17H,1-9H2. The summed E-state index contributed by atoms with van der Waals surface area (Å²) in [6.07, 6.45) is -0.986. The summed E-state index contributed by atoms with van der Waals surface area (Å²) in [7, 11) is 0. The lowest BCUT2D eigenvalue weighted by molar-refractivity contribution is -0.0817. The molecule has 0 saturated carbocycles. The van der Waals surface area contributed by atoms with Crippen LogP contribution in [0.4, 0.5) is 0 Å². The summed E-state index contributed by atoms with van der Waals surface area (Å²) < 4.78 is 10.3. The Bertz CT molecular complexity index is 191. The number of hydrogen-bond donors (Lipinski definition) is 5. The Morgan fingerprint density at radius 3 is 2.16 bits per heavy atom. The van der Waals surface area contributed by atoms with Gasteiger partial charge in [0.2, 0.25) is 0 Å². The minimum Gasteiger partial charge on any atom is -0.394 e. The average molecular weight is 282 g/mol. The summed E-state index contributed by atoms with van der Waals surface area (Å²) in [5, 5.41) is 45.1. The maximum Gasteiger partial charge on any atom is 0.106 e. The summed E-state index contributed by atoms with van der Waals surface area (Å²) in [6.45, 7) is 0.0878. The minimum absolute atomic E-state index is 0.0563. The lowest BCUT2D eigenvalue weighted by Crippen LogP contribution is -2.33. The minimum atomic E-state index is -0.825. The monoisotopic (exact) mass is 282 g/mol. The molecule has 3 atom stereocenters. The van der Waals surface area contributed by atoms with E-state index in [9.17, 15) is 5.11 Å². The third-order valence-corrected chi connectivity index (χ3v) is 2.65. The predicted molar refractivity (Wildman–Crippen MR) is 67.7 cm³/mol. The molecule has 0 fully saturated rings. The zero-order chi connectivity index (χ0) is 14.5. The van der Waals surface area contributed by atoms with Gasteiger partial charge in [-0.1, -0.05) is 0 Å². The second kappa shape index (κ2) is 12.7. The van der Waals surface area contributed by atoms with Crippen molar-refractivity contribution in [2.75, 3.05) is 39.6 Å². The van der Waals surface area contributed by atoms with Gasteiger partial charge in [-0.25, -0.2) is 0 Å². The molecule has 0 aromatic rings. The Labute approximate surface area is 113 Å². The molecule has 0 aromatic carbocycles. The molecule has 116 valence electrons. The summed E-state index contributed by atoms with van der Waals surface area (Å²) in [6, 6.07) is 0. The van der Waals surface area contributed by atoms with E-state index in [-0.39, 0.29) is 39.6 Å². The van der Waals surface area contributed by atoms with Crippen molar-refractivity contribution in [3.8, 4) is 0 Å². The maximum absolute atomic E-state index is 9.79. The molecule has 0 aliphatic carbocycles. The van der Waals surface area contributed by atoms with Crippen LogP contribution in [0.15, 0.2) is 0 Å². The van der Waals surface area contributed by atoms with E-state index in [4.69, 9.17) is 29.9 Å². The molecule has 7 nitrogen and oxygen atoms in total. The van der Waals surface area contributed by atoms with Gasteiger partial charge in [-0.05, 0) is 19.3 Å². The number of rotatable bonds is 13. The SMILES string of the molecule is OCCOCCOC(CO)C(O)CCCC(O)CO. The van der Waals surface area contributed by atoms with Crippen LogP contribution >= 0.6 is 0 Å². The molecular formula is C12H26O7. The summed E-state index contributed by atoms with van der Waals surface area (Å²) in [4.78, 5) is 0. The van der Waals surface area contributed by atoms with E-state index in [1.54, 1.807) is 0 Å². The van der Waals surface area contributed by atoms with Crippen molar-refractivity contribution in [3.05, 3.63) is 0 Å². The van der Waals surface area contributed by atoms with Gasteiger partial charge < -0.3 is 35.0 Å². The molecule has 0 aliphatic rings. The van der Waals surface area contributed by atoms with E-state index in [0.29, 0.717) is 19.3 Å². The van der Waals surface area contributed by atoms with Gasteiger partial charge in [0.25, 0.3) is 0 Å². The van der Waals surface area contributed by atoms with Gasteiger partial charge in [0.05, 0.1) is 51.8 Å². The number of ether oxygens (including phenoxy) is 2. The highest BCUT2D eigenvalue weighted by atomic mass is 16.5. The van der Waals surface area contributed by atoms with Crippen LogP contribution in [0, 0.1) is 0 Å². The van der Waals surface area contributed by atoms with Gasteiger partial charge in [0.1, 0.15) is 6.10 Å². The molecule has 3 unspecified atom stereocenters. The van der Waals surface area contributed by atoms with Crippen LogP contribution in [0.3, 0.4) is 0 Å². The zero-order valence-electron chi connectivity index (χ0n) is 11.1. The quantitative estimate of drug-likeness (QED) is 0.254.